The molecule has 2 aromatic heterocycles. The molecule has 1 fully saturated rings. The first kappa shape index (κ1) is 15.9. The van der Waals surface area contributed by atoms with Gasteiger partial charge in [-0.25, -0.2) is 4.68 Å². The molecule has 3 heterocycles. The Morgan fingerprint density at radius 2 is 2.20 bits per heavy atom. The summed E-state index contributed by atoms with van der Waals surface area (Å²) in [5.41, 5.74) is 1.92. The second-order valence-electron chi connectivity index (χ2n) is 5.97. The quantitative estimate of drug-likeness (QED) is 0.687. The summed E-state index contributed by atoms with van der Waals surface area (Å²) in [5.74, 6) is 1.75. The Hall–Kier alpha value is -2.64. The number of rotatable bonds is 6. The van der Waals surface area contributed by atoms with Crippen LogP contribution in [0.1, 0.15) is 23.2 Å². The van der Waals surface area contributed by atoms with Gasteiger partial charge in [0.25, 0.3) is 0 Å². The molecular weight excluding hydrogens is 320 g/mol. The molecule has 1 aliphatic rings. The third-order valence-electron chi connectivity index (χ3n) is 4.21. The minimum absolute atomic E-state index is 0.191. The van der Waals surface area contributed by atoms with Gasteiger partial charge in [-0.3, -0.25) is 4.90 Å². The van der Waals surface area contributed by atoms with E-state index in [1.54, 1.807) is 13.4 Å². The maximum atomic E-state index is 5.85. The lowest BCUT2D eigenvalue weighted by atomic mass is 10.2. The van der Waals surface area contributed by atoms with Gasteiger partial charge in [0, 0.05) is 6.54 Å². The zero-order chi connectivity index (χ0) is 17.1. The highest BCUT2D eigenvalue weighted by atomic mass is 16.5. The Balaban J connectivity index is 1.46. The van der Waals surface area contributed by atoms with Gasteiger partial charge in [0.2, 0.25) is 0 Å². The van der Waals surface area contributed by atoms with Gasteiger partial charge in [0.05, 0.1) is 39.3 Å². The number of furan rings is 1. The molecule has 1 aromatic carbocycles. The minimum Gasteiger partial charge on any atom is -0.497 e. The van der Waals surface area contributed by atoms with E-state index < -0.39 is 0 Å². The van der Waals surface area contributed by atoms with Crippen LogP contribution in [0.25, 0.3) is 0 Å². The van der Waals surface area contributed by atoms with Crippen molar-refractivity contribution < 1.29 is 13.9 Å². The second-order valence-corrected chi connectivity index (χ2v) is 5.97. The van der Waals surface area contributed by atoms with Crippen molar-refractivity contribution in [2.75, 3.05) is 20.3 Å². The zero-order valence-corrected chi connectivity index (χ0v) is 14.0. The van der Waals surface area contributed by atoms with Crippen molar-refractivity contribution in [2.45, 2.75) is 19.3 Å². The first-order valence-electron chi connectivity index (χ1n) is 8.23. The van der Waals surface area contributed by atoms with Crippen LogP contribution in [0.15, 0.2) is 53.3 Å². The van der Waals surface area contributed by atoms with Gasteiger partial charge < -0.3 is 13.9 Å². The molecule has 0 radical (unpaired) electrons. The summed E-state index contributed by atoms with van der Waals surface area (Å²) >= 11 is 0. The predicted octanol–water partition coefficient (Wildman–Crippen LogP) is 2.46. The average Bonchev–Trinajstić information content (AvgIpc) is 3.37. The van der Waals surface area contributed by atoms with Gasteiger partial charge >= 0.3 is 0 Å². The Morgan fingerprint density at radius 1 is 1.24 bits per heavy atom. The number of nitrogens with zero attached hydrogens (tertiary/aromatic N) is 4. The molecule has 7 heteroatoms. The number of methoxy groups -OCH3 is 1. The molecule has 0 saturated carbocycles. The van der Waals surface area contributed by atoms with E-state index in [9.17, 15) is 0 Å². The predicted molar refractivity (Wildman–Crippen MR) is 89.9 cm³/mol. The lowest BCUT2D eigenvalue weighted by Gasteiger charge is -2.19. The van der Waals surface area contributed by atoms with Crippen molar-refractivity contribution in [1.29, 1.82) is 0 Å². The number of hydrogen-bond acceptors (Lipinski definition) is 6. The summed E-state index contributed by atoms with van der Waals surface area (Å²) in [5, 5.41) is 8.54. The summed E-state index contributed by atoms with van der Waals surface area (Å²) in [6.07, 6.45) is 3.43. The monoisotopic (exact) mass is 340 g/mol. The Labute approximate surface area is 145 Å². The summed E-state index contributed by atoms with van der Waals surface area (Å²) in [7, 11) is 1.66. The normalized spacial score (nSPS) is 17.9. The molecule has 0 amide bonds. The smallest absolute Gasteiger partial charge is 0.157 e. The van der Waals surface area contributed by atoms with Gasteiger partial charge in [-0.1, -0.05) is 17.3 Å². The fraction of sp³-hybridized carbons (Fsp3) is 0.333. The standard InChI is InChI=1S/C18H20N4O3/c1-23-15-5-2-4-14(10-15)11-22-13-17(19-20-22)18-21(7-9-25-18)12-16-6-3-8-24-16/h2-6,8,10,13,18H,7,9,11-12H2,1H3/t18-/m1/s1. The van der Waals surface area contributed by atoms with Gasteiger partial charge in [-0.2, -0.15) is 0 Å². The molecule has 25 heavy (non-hydrogen) atoms. The van der Waals surface area contributed by atoms with Gasteiger partial charge in [-0.15, -0.1) is 5.10 Å². The molecule has 130 valence electrons. The van der Waals surface area contributed by atoms with Crippen molar-refractivity contribution in [3.63, 3.8) is 0 Å². The highest BCUT2D eigenvalue weighted by Crippen LogP contribution is 2.27. The third-order valence-corrected chi connectivity index (χ3v) is 4.21. The summed E-state index contributed by atoms with van der Waals surface area (Å²) in [4.78, 5) is 2.19. The molecule has 0 spiro atoms. The van der Waals surface area contributed by atoms with Crippen LogP contribution >= 0.6 is 0 Å². The molecule has 0 bridgehead atoms. The first-order valence-corrected chi connectivity index (χ1v) is 8.23. The molecule has 0 unspecified atom stereocenters. The van der Waals surface area contributed by atoms with Crippen LogP contribution in [-0.4, -0.2) is 40.2 Å². The molecule has 3 aromatic rings. The fourth-order valence-corrected chi connectivity index (χ4v) is 3.00. The van der Waals surface area contributed by atoms with Crippen LogP contribution in [0, 0.1) is 0 Å². The van der Waals surface area contributed by atoms with Crippen molar-refractivity contribution in [1.82, 2.24) is 19.9 Å². The third kappa shape index (κ3) is 3.57. The van der Waals surface area contributed by atoms with Crippen LogP contribution < -0.4 is 4.74 Å². The number of hydrogen-bond donors (Lipinski definition) is 0. The van der Waals surface area contributed by atoms with Crippen LogP contribution in [0.2, 0.25) is 0 Å². The Kier molecular flexibility index (Phi) is 4.49. The molecule has 4 rings (SSSR count). The average molecular weight is 340 g/mol. The lowest BCUT2D eigenvalue weighted by molar-refractivity contribution is 0.0223. The molecule has 1 aliphatic heterocycles. The molecule has 0 N–H and O–H groups in total. The highest BCUT2D eigenvalue weighted by molar-refractivity contribution is 5.28. The molecule has 1 saturated heterocycles. The van der Waals surface area contributed by atoms with Crippen molar-refractivity contribution >= 4 is 0 Å². The topological polar surface area (TPSA) is 65.6 Å². The van der Waals surface area contributed by atoms with E-state index in [1.807, 2.05) is 47.3 Å². The maximum absolute atomic E-state index is 5.85. The van der Waals surface area contributed by atoms with E-state index >= 15 is 0 Å². The largest absolute Gasteiger partial charge is 0.497 e. The number of benzene rings is 1. The van der Waals surface area contributed by atoms with Crippen molar-refractivity contribution in [3.05, 3.63) is 65.9 Å². The van der Waals surface area contributed by atoms with Gasteiger partial charge in [0.15, 0.2) is 6.23 Å². The van der Waals surface area contributed by atoms with Crippen molar-refractivity contribution in [3.8, 4) is 5.75 Å². The van der Waals surface area contributed by atoms with Crippen LogP contribution in [0.3, 0.4) is 0 Å². The summed E-state index contributed by atoms with van der Waals surface area (Å²) in [6.45, 7) is 2.84. The van der Waals surface area contributed by atoms with Crippen LogP contribution in [0.5, 0.6) is 5.75 Å². The number of ether oxygens (including phenoxy) is 2. The molecule has 7 nitrogen and oxygen atoms in total. The van der Waals surface area contributed by atoms with Crippen molar-refractivity contribution in [2.24, 2.45) is 0 Å². The Morgan fingerprint density at radius 3 is 3.04 bits per heavy atom. The van der Waals surface area contributed by atoms with E-state index in [2.05, 4.69) is 15.2 Å². The van der Waals surface area contributed by atoms with E-state index in [4.69, 9.17) is 13.9 Å². The summed E-state index contributed by atoms with van der Waals surface area (Å²) < 4.78 is 18.4. The summed E-state index contributed by atoms with van der Waals surface area (Å²) in [6, 6.07) is 11.8. The molecular formula is C18H20N4O3. The lowest BCUT2D eigenvalue weighted by Crippen LogP contribution is -2.23. The van der Waals surface area contributed by atoms with Gasteiger partial charge in [-0.05, 0) is 29.8 Å². The second kappa shape index (κ2) is 7.08. The zero-order valence-electron chi connectivity index (χ0n) is 14.0. The van der Waals surface area contributed by atoms with E-state index in [1.165, 1.54) is 0 Å². The van der Waals surface area contributed by atoms with Crippen LogP contribution in [0.4, 0.5) is 0 Å². The number of aromatic nitrogens is 3. The SMILES string of the molecule is COc1cccc(Cn2cc([C@H]3OCCN3Cc3ccco3)nn2)c1. The first-order chi connectivity index (χ1) is 12.3. The highest BCUT2D eigenvalue weighted by Gasteiger charge is 2.30. The van der Waals surface area contributed by atoms with E-state index in [-0.39, 0.29) is 6.23 Å². The van der Waals surface area contributed by atoms with Crippen LogP contribution in [-0.2, 0) is 17.8 Å². The Bertz CT molecular complexity index is 815. The molecule has 1 atom stereocenters. The van der Waals surface area contributed by atoms with E-state index in [0.717, 1.165) is 29.3 Å². The van der Waals surface area contributed by atoms with Gasteiger partial charge in [0.1, 0.15) is 17.2 Å². The maximum Gasteiger partial charge on any atom is 0.157 e. The fourth-order valence-electron chi connectivity index (χ4n) is 3.00. The van der Waals surface area contributed by atoms with E-state index in [0.29, 0.717) is 19.7 Å². The minimum atomic E-state index is -0.191. The molecule has 0 aliphatic carbocycles.